The van der Waals surface area contributed by atoms with Gasteiger partial charge >= 0.3 is 12.8 Å². The lowest BCUT2D eigenvalue weighted by Gasteiger charge is -2.19. The number of para-hydroxylation sites is 2. The molecule has 3 aromatic rings. The van der Waals surface area contributed by atoms with Crippen LogP contribution in [0.25, 0.3) is 5.69 Å². The Hall–Kier alpha value is -3.96. The van der Waals surface area contributed by atoms with Crippen LogP contribution in [0.3, 0.4) is 0 Å². The Bertz CT molecular complexity index is 1260. The van der Waals surface area contributed by atoms with Gasteiger partial charge in [0.05, 0.1) is 5.56 Å². The summed E-state index contributed by atoms with van der Waals surface area (Å²) in [5.41, 5.74) is 8.34. The Labute approximate surface area is 183 Å². The van der Waals surface area contributed by atoms with Gasteiger partial charge in [-0.2, -0.15) is 31.7 Å². The molecule has 1 aromatic heterocycles. The third-order valence-electron chi connectivity index (χ3n) is 4.78. The quantitative estimate of drug-likeness (QED) is 0.423. The maximum atomic E-state index is 13.2. The van der Waals surface area contributed by atoms with Crippen molar-refractivity contribution in [2.45, 2.75) is 25.6 Å². The molecule has 0 aliphatic carbocycles. The average molecular weight is 468 g/mol. The third-order valence-corrected chi connectivity index (χ3v) is 4.78. The Morgan fingerprint density at radius 3 is 2.39 bits per heavy atom. The van der Waals surface area contributed by atoms with Crippen molar-refractivity contribution in [1.29, 1.82) is 0 Å². The van der Waals surface area contributed by atoms with Gasteiger partial charge in [0.15, 0.2) is 11.4 Å². The van der Waals surface area contributed by atoms with Crippen LogP contribution >= 0.6 is 0 Å². The smallest absolute Gasteiger partial charge is 0.416 e. The third kappa shape index (κ3) is 5.10. The summed E-state index contributed by atoms with van der Waals surface area (Å²) in [6.45, 7) is -1.75. The predicted molar refractivity (Wildman–Crippen MR) is 108 cm³/mol. The van der Waals surface area contributed by atoms with Crippen molar-refractivity contribution in [3.63, 3.8) is 0 Å². The van der Waals surface area contributed by atoms with E-state index in [-0.39, 0.29) is 28.3 Å². The van der Waals surface area contributed by atoms with Gasteiger partial charge in [-0.3, -0.25) is 9.59 Å². The second-order valence-corrected chi connectivity index (χ2v) is 7.02. The number of hydrogen-bond acceptors (Lipinski definition) is 5. The van der Waals surface area contributed by atoms with Crippen molar-refractivity contribution in [2.24, 2.45) is 5.73 Å². The fourth-order valence-electron chi connectivity index (χ4n) is 3.26. The van der Waals surface area contributed by atoms with Gasteiger partial charge in [-0.1, -0.05) is 19.1 Å². The fourth-order valence-corrected chi connectivity index (χ4v) is 3.26. The van der Waals surface area contributed by atoms with E-state index < -0.39 is 41.4 Å². The van der Waals surface area contributed by atoms with Gasteiger partial charge in [0.25, 0.3) is 11.5 Å². The van der Waals surface area contributed by atoms with Crippen molar-refractivity contribution in [2.75, 3.05) is 5.73 Å². The standard InChI is InChI=1S/C21H17F5N4O3/c1-10(11-6-12(21(24,25)26)8-13(27)7-11)14-9-17(31)30(29-18(14)19(28)32)15-4-2-3-5-16(15)33-20(22)23/h2-10,20H,27H2,1H3,(H2,28,32). The molecule has 0 bridgehead atoms. The molecule has 12 heteroatoms. The lowest BCUT2D eigenvalue weighted by molar-refractivity contribution is -0.137. The highest BCUT2D eigenvalue weighted by atomic mass is 19.4. The maximum absolute atomic E-state index is 13.2. The van der Waals surface area contributed by atoms with E-state index in [9.17, 15) is 31.5 Å². The summed E-state index contributed by atoms with van der Waals surface area (Å²) >= 11 is 0. The average Bonchev–Trinajstić information content (AvgIpc) is 2.72. The van der Waals surface area contributed by atoms with Crippen molar-refractivity contribution < 1.29 is 31.5 Å². The Morgan fingerprint density at radius 1 is 1.12 bits per heavy atom. The lowest BCUT2D eigenvalue weighted by atomic mass is 9.90. The van der Waals surface area contributed by atoms with Crippen LogP contribution in [0, 0.1) is 0 Å². The molecule has 7 nitrogen and oxygen atoms in total. The number of nitrogen functional groups attached to an aromatic ring is 1. The number of primary amides is 1. The Morgan fingerprint density at radius 2 is 1.79 bits per heavy atom. The van der Waals surface area contributed by atoms with E-state index in [0.29, 0.717) is 4.68 Å². The number of hydrogen-bond donors (Lipinski definition) is 2. The second kappa shape index (κ2) is 8.88. The monoisotopic (exact) mass is 468 g/mol. The zero-order valence-corrected chi connectivity index (χ0v) is 16.9. The molecule has 1 unspecified atom stereocenters. The van der Waals surface area contributed by atoms with Gasteiger partial charge in [-0.05, 0) is 41.5 Å². The fraction of sp³-hybridized carbons (Fsp3) is 0.190. The minimum Gasteiger partial charge on any atom is -0.433 e. The number of halogens is 5. The van der Waals surface area contributed by atoms with Crippen LogP contribution in [0.2, 0.25) is 0 Å². The van der Waals surface area contributed by atoms with Crippen molar-refractivity contribution in [3.8, 4) is 11.4 Å². The predicted octanol–water partition coefficient (Wildman–Crippen LogP) is 3.69. The number of aromatic nitrogens is 2. The van der Waals surface area contributed by atoms with E-state index in [0.717, 1.165) is 18.2 Å². The molecule has 3 rings (SSSR count). The van der Waals surface area contributed by atoms with Crippen molar-refractivity contribution in [3.05, 3.63) is 81.3 Å². The van der Waals surface area contributed by atoms with Crippen LogP contribution in [0.15, 0.2) is 53.3 Å². The van der Waals surface area contributed by atoms with Crippen molar-refractivity contribution in [1.82, 2.24) is 9.78 Å². The van der Waals surface area contributed by atoms with Gasteiger partial charge in [0.1, 0.15) is 5.69 Å². The number of benzene rings is 2. The molecule has 0 spiro atoms. The molecular formula is C21H17F5N4O3. The first-order chi connectivity index (χ1) is 15.4. The van der Waals surface area contributed by atoms with Crippen LogP contribution in [-0.2, 0) is 6.18 Å². The summed E-state index contributed by atoms with van der Waals surface area (Å²) in [5, 5.41) is 3.90. The summed E-state index contributed by atoms with van der Waals surface area (Å²) in [7, 11) is 0. The normalized spacial score (nSPS) is 12.6. The molecule has 0 fully saturated rings. The summed E-state index contributed by atoms with van der Waals surface area (Å²) in [5.74, 6) is -2.42. The van der Waals surface area contributed by atoms with Gasteiger partial charge in [-0.25, -0.2) is 0 Å². The number of carbonyl (C=O) groups excluding carboxylic acids is 1. The highest BCUT2D eigenvalue weighted by Crippen LogP contribution is 2.35. The van der Waals surface area contributed by atoms with E-state index in [1.165, 1.54) is 37.3 Å². The van der Waals surface area contributed by atoms with E-state index in [1.54, 1.807) is 0 Å². The highest BCUT2D eigenvalue weighted by Gasteiger charge is 2.32. The van der Waals surface area contributed by atoms with Gasteiger partial charge in [0.2, 0.25) is 0 Å². The SMILES string of the molecule is CC(c1cc(N)cc(C(F)(F)F)c1)c1cc(=O)n(-c2ccccc2OC(F)F)nc1C(N)=O. The first-order valence-corrected chi connectivity index (χ1v) is 9.34. The number of amides is 1. The summed E-state index contributed by atoms with van der Waals surface area (Å²) in [4.78, 5) is 24.9. The zero-order valence-electron chi connectivity index (χ0n) is 16.9. The first kappa shape index (κ1) is 23.7. The minimum atomic E-state index is -4.67. The lowest BCUT2D eigenvalue weighted by Crippen LogP contribution is -2.29. The Balaban J connectivity index is 2.17. The molecule has 33 heavy (non-hydrogen) atoms. The topological polar surface area (TPSA) is 113 Å². The number of carbonyl (C=O) groups is 1. The molecular weight excluding hydrogens is 451 g/mol. The van der Waals surface area contributed by atoms with E-state index in [1.807, 2.05) is 0 Å². The molecule has 0 saturated heterocycles. The van der Waals surface area contributed by atoms with E-state index in [2.05, 4.69) is 9.84 Å². The minimum absolute atomic E-state index is 0.0604. The molecule has 2 aromatic carbocycles. The highest BCUT2D eigenvalue weighted by molar-refractivity contribution is 5.92. The molecule has 1 amide bonds. The molecule has 1 atom stereocenters. The number of anilines is 1. The number of ether oxygens (including phenoxy) is 1. The number of nitrogens with zero attached hydrogens (tertiary/aromatic N) is 2. The molecule has 4 N–H and O–H groups in total. The van der Waals surface area contributed by atoms with Gasteiger partial charge < -0.3 is 16.2 Å². The summed E-state index contributed by atoms with van der Waals surface area (Å²) in [6.07, 6.45) is -4.67. The molecule has 0 aliphatic heterocycles. The molecule has 0 aliphatic rings. The maximum Gasteiger partial charge on any atom is 0.416 e. The van der Waals surface area contributed by atoms with E-state index in [4.69, 9.17) is 11.5 Å². The number of nitrogens with two attached hydrogens (primary N) is 2. The molecule has 1 heterocycles. The molecule has 0 radical (unpaired) electrons. The van der Waals surface area contributed by atoms with Gasteiger partial charge in [0, 0.05) is 17.7 Å². The van der Waals surface area contributed by atoms with Crippen LogP contribution < -0.4 is 21.8 Å². The summed E-state index contributed by atoms with van der Waals surface area (Å²) < 4.78 is 70.1. The molecule has 0 saturated carbocycles. The van der Waals surface area contributed by atoms with Crippen LogP contribution in [0.4, 0.5) is 27.6 Å². The second-order valence-electron chi connectivity index (χ2n) is 7.02. The van der Waals surface area contributed by atoms with Crippen LogP contribution in [-0.4, -0.2) is 22.3 Å². The summed E-state index contributed by atoms with van der Waals surface area (Å²) in [6, 6.07) is 9.04. The van der Waals surface area contributed by atoms with Crippen LogP contribution in [0.1, 0.15) is 40.0 Å². The van der Waals surface area contributed by atoms with Gasteiger partial charge in [-0.15, -0.1) is 0 Å². The molecule has 174 valence electrons. The largest absolute Gasteiger partial charge is 0.433 e. The zero-order chi connectivity index (χ0) is 24.5. The first-order valence-electron chi connectivity index (χ1n) is 9.34. The Kier molecular flexibility index (Phi) is 6.38. The van der Waals surface area contributed by atoms with Crippen LogP contribution in [0.5, 0.6) is 5.75 Å². The number of rotatable bonds is 6. The number of alkyl halides is 5. The van der Waals surface area contributed by atoms with E-state index >= 15 is 0 Å². The van der Waals surface area contributed by atoms with Crippen molar-refractivity contribution >= 4 is 11.6 Å².